The number of benzene rings is 3. The average Bonchev–Trinajstić information content (AvgIpc) is 3.42. The van der Waals surface area contributed by atoms with Crippen LogP contribution in [0.15, 0.2) is 53.3 Å². The number of imidazole rings is 1. The molecule has 39 heavy (non-hydrogen) atoms. The molecule has 0 spiro atoms. The van der Waals surface area contributed by atoms with Gasteiger partial charge in [0.2, 0.25) is 0 Å². The van der Waals surface area contributed by atoms with Gasteiger partial charge in [-0.3, -0.25) is 4.57 Å². The zero-order chi connectivity index (χ0) is 28.1. The van der Waals surface area contributed by atoms with Crippen LogP contribution in [0.5, 0.6) is 0 Å². The molecule has 1 atom stereocenters. The zero-order valence-electron chi connectivity index (χ0n) is 22.7. The van der Waals surface area contributed by atoms with E-state index < -0.39 is 17.7 Å². The highest BCUT2D eigenvalue weighted by Gasteiger charge is 2.33. The van der Waals surface area contributed by atoms with E-state index in [1.165, 1.54) is 11.3 Å². The first-order valence-electron chi connectivity index (χ1n) is 12.7. The molecular weight excluding hydrogens is 534 g/mol. The lowest BCUT2D eigenvalue weighted by Gasteiger charge is -2.29. The van der Waals surface area contributed by atoms with Crippen LogP contribution < -0.4 is 5.69 Å². The molecular formula is C30H30ClN3O4S. The van der Waals surface area contributed by atoms with Crippen LogP contribution in [0.4, 0.5) is 0 Å². The van der Waals surface area contributed by atoms with Crippen LogP contribution in [-0.4, -0.2) is 32.7 Å². The fourth-order valence-corrected chi connectivity index (χ4v) is 5.99. The quantitative estimate of drug-likeness (QED) is 0.221. The third-order valence-electron chi connectivity index (χ3n) is 6.45. The zero-order valence-corrected chi connectivity index (χ0v) is 24.3. The van der Waals surface area contributed by atoms with Gasteiger partial charge in [-0.1, -0.05) is 23.7 Å². The first-order chi connectivity index (χ1) is 18.5. The number of ether oxygens (including phenoxy) is 2. The molecule has 0 bridgehead atoms. The number of thiazole rings is 1. The highest BCUT2D eigenvalue weighted by atomic mass is 35.5. The van der Waals surface area contributed by atoms with Gasteiger partial charge >= 0.3 is 11.7 Å². The van der Waals surface area contributed by atoms with Gasteiger partial charge in [-0.25, -0.2) is 14.6 Å². The summed E-state index contributed by atoms with van der Waals surface area (Å²) >= 11 is 7.77. The van der Waals surface area contributed by atoms with Crippen LogP contribution >= 0.6 is 22.9 Å². The Morgan fingerprint density at radius 2 is 1.82 bits per heavy atom. The Kier molecular flexibility index (Phi) is 7.13. The van der Waals surface area contributed by atoms with Gasteiger partial charge in [0.1, 0.15) is 5.01 Å². The topological polar surface area (TPSA) is 86.2 Å². The van der Waals surface area contributed by atoms with Crippen molar-refractivity contribution in [3.63, 3.8) is 0 Å². The predicted molar refractivity (Wildman–Crippen MR) is 158 cm³/mol. The van der Waals surface area contributed by atoms with Gasteiger partial charge in [0.15, 0.2) is 6.10 Å². The van der Waals surface area contributed by atoms with Crippen molar-refractivity contribution in [1.82, 2.24) is 14.5 Å². The number of hydrogen-bond donors (Lipinski definition) is 1. The molecule has 7 nitrogen and oxygen atoms in total. The van der Waals surface area contributed by atoms with Crippen molar-refractivity contribution in [1.29, 1.82) is 0 Å². The van der Waals surface area contributed by atoms with Crippen LogP contribution in [0.3, 0.4) is 0 Å². The number of nitrogens with zero attached hydrogens (tertiary/aromatic N) is 2. The number of aromatic nitrogens is 3. The van der Waals surface area contributed by atoms with Crippen molar-refractivity contribution >= 4 is 50.2 Å². The molecule has 0 aliphatic heterocycles. The van der Waals surface area contributed by atoms with Crippen molar-refractivity contribution in [3.05, 3.63) is 75.2 Å². The van der Waals surface area contributed by atoms with Crippen LogP contribution in [0.2, 0.25) is 5.02 Å². The monoisotopic (exact) mass is 563 g/mol. The lowest BCUT2D eigenvalue weighted by Crippen LogP contribution is -2.29. The number of carbonyl (C=O) groups is 1. The number of nitrogens with one attached hydrogen (secondary N) is 1. The lowest BCUT2D eigenvalue weighted by atomic mass is 9.91. The van der Waals surface area contributed by atoms with Gasteiger partial charge in [-0.2, -0.15) is 0 Å². The summed E-state index contributed by atoms with van der Waals surface area (Å²) in [5.41, 5.74) is 5.87. The van der Waals surface area contributed by atoms with E-state index in [2.05, 4.69) is 4.98 Å². The molecule has 5 aromatic rings. The van der Waals surface area contributed by atoms with Crippen LogP contribution in [0, 0.1) is 6.92 Å². The summed E-state index contributed by atoms with van der Waals surface area (Å²) in [6, 6.07) is 15.4. The standard InChI is InChI=1S/C30H30ClN3O4S/c1-7-37-28(35)25(38-30(3,4)5)23-16(2)14-21-26(24(23)17-8-11-19(31)12-9-17)39-27(32-21)18-10-13-22-20(15-18)33-29(36)34(22)6/h8-15,25H,7H2,1-6H3,(H,33,36)/t25-/m0/s1. The van der Waals surface area contributed by atoms with E-state index in [1.807, 2.05) is 76.2 Å². The van der Waals surface area contributed by atoms with Crippen molar-refractivity contribution in [2.45, 2.75) is 46.3 Å². The summed E-state index contributed by atoms with van der Waals surface area (Å²) in [5.74, 6) is -0.437. The minimum absolute atomic E-state index is 0.166. The van der Waals surface area contributed by atoms with Gasteiger partial charge in [0, 0.05) is 28.8 Å². The smallest absolute Gasteiger partial charge is 0.339 e. The van der Waals surface area contributed by atoms with Gasteiger partial charge in [-0.15, -0.1) is 11.3 Å². The van der Waals surface area contributed by atoms with Crippen LogP contribution in [0.25, 0.3) is 42.9 Å². The molecule has 202 valence electrons. The summed E-state index contributed by atoms with van der Waals surface area (Å²) < 4.78 is 14.3. The first kappa shape index (κ1) is 27.1. The molecule has 0 saturated heterocycles. The molecule has 5 rings (SSSR count). The normalized spacial score (nSPS) is 12.8. The molecule has 3 aromatic carbocycles. The second-order valence-electron chi connectivity index (χ2n) is 10.4. The molecule has 2 heterocycles. The Morgan fingerprint density at radius 3 is 2.49 bits per heavy atom. The van der Waals surface area contributed by atoms with Gasteiger partial charge in [0.05, 0.1) is 33.5 Å². The molecule has 0 saturated carbocycles. The van der Waals surface area contributed by atoms with E-state index in [4.69, 9.17) is 26.1 Å². The second-order valence-corrected chi connectivity index (χ2v) is 11.9. The van der Waals surface area contributed by atoms with E-state index in [0.29, 0.717) is 5.02 Å². The van der Waals surface area contributed by atoms with Crippen LogP contribution in [-0.2, 0) is 21.3 Å². The number of carbonyl (C=O) groups excluding carboxylic acids is 1. The third-order valence-corrected chi connectivity index (χ3v) is 7.84. The molecule has 2 aromatic heterocycles. The summed E-state index contributed by atoms with van der Waals surface area (Å²) in [4.78, 5) is 33.3. The third kappa shape index (κ3) is 5.24. The van der Waals surface area contributed by atoms with Crippen molar-refractivity contribution in [2.75, 3.05) is 6.61 Å². The molecule has 0 amide bonds. The Morgan fingerprint density at radius 1 is 1.13 bits per heavy atom. The van der Waals surface area contributed by atoms with Gasteiger partial charge in [-0.05, 0) is 82.1 Å². The Balaban J connectivity index is 1.78. The maximum Gasteiger partial charge on any atom is 0.339 e. The minimum atomic E-state index is -0.934. The largest absolute Gasteiger partial charge is 0.464 e. The minimum Gasteiger partial charge on any atom is -0.464 e. The Bertz CT molecular complexity index is 1760. The molecule has 0 aliphatic rings. The summed E-state index contributed by atoms with van der Waals surface area (Å²) in [7, 11) is 1.74. The maximum absolute atomic E-state index is 13.3. The molecule has 0 aliphatic carbocycles. The first-order valence-corrected chi connectivity index (χ1v) is 13.9. The van der Waals surface area contributed by atoms with E-state index in [9.17, 15) is 9.59 Å². The highest BCUT2D eigenvalue weighted by Crippen LogP contribution is 2.44. The number of esters is 1. The summed E-state index contributed by atoms with van der Waals surface area (Å²) in [6.07, 6.45) is -0.934. The average molecular weight is 564 g/mol. The number of H-pyrrole nitrogens is 1. The number of aryl methyl sites for hydroxylation is 2. The highest BCUT2D eigenvalue weighted by molar-refractivity contribution is 7.22. The molecule has 0 radical (unpaired) electrons. The predicted octanol–water partition coefficient (Wildman–Crippen LogP) is 7.19. The van der Waals surface area contributed by atoms with E-state index in [0.717, 1.165) is 54.1 Å². The molecule has 0 fully saturated rings. The molecule has 0 unspecified atom stereocenters. The van der Waals surface area contributed by atoms with E-state index in [1.54, 1.807) is 18.5 Å². The van der Waals surface area contributed by atoms with Gasteiger partial charge < -0.3 is 14.5 Å². The van der Waals surface area contributed by atoms with Crippen molar-refractivity contribution < 1.29 is 14.3 Å². The van der Waals surface area contributed by atoms with Crippen molar-refractivity contribution in [2.24, 2.45) is 7.05 Å². The number of hydrogen-bond acceptors (Lipinski definition) is 6. The number of rotatable bonds is 6. The summed E-state index contributed by atoms with van der Waals surface area (Å²) in [6.45, 7) is 9.76. The lowest BCUT2D eigenvalue weighted by molar-refractivity contribution is -0.166. The van der Waals surface area contributed by atoms with E-state index in [-0.39, 0.29) is 12.3 Å². The Labute approximate surface area is 235 Å². The molecule has 9 heteroatoms. The fourth-order valence-electron chi connectivity index (χ4n) is 4.74. The summed E-state index contributed by atoms with van der Waals surface area (Å²) in [5, 5.41) is 1.42. The number of halogens is 1. The Hall–Kier alpha value is -3.46. The fraction of sp³-hybridized carbons (Fsp3) is 0.300. The maximum atomic E-state index is 13.3. The SMILES string of the molecule is CCOC(=O)[C@@H](OC(C)(C)C)c1c(C)cc2nc(-c3ccc4c(c3)[nH]c(=O)n4C)sc2c1-c1ccc(Cl)cc1. The molecule has 1 N–H and O–H groups in total. The van der Waals surface area contributed by atoms with Crippen molar-refractivity contribution in [3.8, 4) is 21.7 Å². The van der Waals surface area contributed by atoms with E-state index >= 15 is 0 Å². The van der Waals surface area contributed by atoms with Gasteiger partial charge in [0.25, 0.3) is 0 Å². The van der Waals surface area contributed by atoms with Crippen LogP contribution in [0.1, 0.15) is 44.9 Å². The number of fused-ring (bicyclic) bond motifs is 2. The second kappa shape index (κ2) is 10.3. The number of aromatic amines is 1.